The van der Waals surface area contributed by atoms with Gasteiger partial charge in [-0.1, -0.05) is 6.92 Å². The van der Waals surface area contributed by atoms with Crippen molar-refractivity contribution in [2.45, 2.75) is 33.3 Å². The maximum Gasteiger partial charge on any atom is 0.228 e. The first-order chi connectivity index (χ1) is 8.81. The van der Waals surface area contributed by atoms with Gasteiger partial charge in [-0.3, -0.25) is 4.79 Å². The van der Waals surface area contributed by atoms with E-state index in [1.807, 2.05) is 59.0 Å². The van der Waals surface area contributed by atoms with Gasteiger partial charge in [0, 0.05) is 18.2 Å². The summed E-state index contributed by atoms with van der Waals surface area (Å²) in [7, 11) is 1.84. The highest BCUT2D eigenvalue weighted by Crippen LogP contribution is 2.20. The highest BCUT2D eigenvalue weighted by Gasteiger charge is 2.13. The van der Waals surface area contributed by atoms with Gasteiger partial charge in [-0.05, 0) is 52.1 Å². The van der Waals surface area contributed by atoms with Crippen LogP contribution in [0.4, 0.5) is 5.69 Å². The summed E-state index contributed by atoms with van der Waals surface area (Å²) < 4.78 is 5.72. The lowest BCUT2D eigenvalue weighted by molar-refractivity contribution is -0.119. The van der Waals surface area contributed by atoms with E-state index in [9.17, 15) is 4.79 Å². The van der Waals surface area contributed by atoms with Gasteiger partial charge in [0.1, 0.15) is 11.4 Å². The zero-order valence-electron chi connectivity index (χ0n) is 12.4. The molecule has 0 radical (unpaired) electrons. The molecule has 4 nitrogen and oxygen atoms in total. The molecule has 0 spiro atoms. The Morgan fingerprint density at radius 3 is 2.32 bits per heavy atom. The van der Waals surface area contributed by atoms with Crippen molar-refractivity contribution < 1.29 is 9.53 Å². The van der Waals surface area contributed by atoms with Crippen LogP contribution in [-0.2, 0) is 4.79 Å². The molecule has 0 aromatic heterocycles. The summed E-state index contributed by atoms with van der Waals surface area (Å²) in [5.41, 5.74) is 0.570. The molecule has 0 saturated heterocycles. The van der Waals surface area contributed by atoms with Crippen molar-refractivity contribution in [3.63, 3.8) is 0 Å². The van der Waals surface area contributed by atoms with E-state index in [4.69, 9.17) is 4.74 Å². The largest absolute Gasteiger partial charge is 0.488 e. The van der Waals surface area contributed by atoms with Crippen molar-refractivity contribution in [2.24, 2.45) is 5.92 Å². The fourth-order valence-electron chi connectivity index (χ4n) is 1.62. The number of carbonyl (C=O) groups is 1. The number of benzene rings is 1. The third kappa shape index (κ3) is 5.75. The second-order valence-corrected chi connectivity index (χ2v) is 5.69. The molecule has 1 atom stereocenters. The van der Waals surface area contributed by atoms with Gasteiger partial charge in [0.05, 0.1) is 0 Å². The Balaban J connectivity index is 2.59. The topological polar surface area (TPSA) is 50.4 Å². The monoisotopic (exact) mass is 264 g/mol. The van der Waals surface area contributed by atoms with Crippen LogP contribution in [0.3, 0.4) is 0 Å². The quantitative estimate of drug-likeness (QED) is 0.859. The molecule has 0 fully saturated rings. The Morgan fingerprint density at radius 1 is 1.26 bits per heavy atom. The van der Waals surface area contributed by atoms with Gasteiger partial charge >= 0.3 is 0 Å². The predicted molar refractivity (Wildman–Crippen MR) is 78.5 cm³/mol. The average Bonchev–Trinajstić information content (AvgIpc) is 2.30. The van der Waals surface area contributed by atoms with Crippen LogP contribution in [0.25, 0.3) is 0 Å². The Kier molecular flexibility index (Phi) is 5.36. The number of nitrogens with one attached hydrogen (secondary N) is 2. The van der Waals surface area contributed by atoms with E-state index < -0.39 is 0 Å². The second-order valence-electron chi connectivity index (χ2n) is 5.69. The second kappa shape index (κ2) is 6.57. The number of rotatable bonds is 5. The minimum absolute atomic E-state index is 0.0128. The molecule has 0 aliphatic heterocycles. The first-order valence-corrected chi connectivity index (χ1v) is 6.56. The highest BCUT2D eigenvalue weighted by molar-refractivity contribution is 5.92. The van der Waals surface area contributed by atoms with E-state index in [0.29, 0.717) is 6.54 Å². The van der Waals surface area contributed by atoms with Gasteiger partial charge in [0.15, 0.2) is 0 Å². The molecule has 0 bridgehead atoms. The number of hydrogen-bond acceptors (Lipinski definition) is 3. The summed E-state index contributed by atoms with van der Waals surface area (Å²) in [5, 5.41) is 5.87. The molecular formula is C15H24N2O2. The number of amides is 1. The lowest BCUT2D eigenvalue weighted by atomic mass is 10.1. The third-order valence-electron chi connectivity index (χ3n) is 2.50. The molecule has 2 N–H and O–H groups in total. The van der Waals surface area contributed by atoms with Gasteiger partial charge in [-0.15, -0.1) is 0 Å². The minimum Gasteiger partial charge on any atom is -0.488 e. The highest BCUT2D eigenvalue weighted by atomic mass is 16.5. The van der Waals surface area contributed by atoms with Crippen LogP contribution in [0.5, 0.6) is 5.75 Å². The van der Waals surface area contributed by atoms with Crippen molar-refractivity contribution >= 4 is 11.6 Å². The van der Waals surface area contributed by atoms with Crippen molar-refractivity contribution in [1.29, 1.82) is 0 Å². The normalized spacial score (nSPS) is 12.9. The van der Waals surface area contributed by atoms with Crippen molar-refractivity contribution in [3.05, 3.63) is 24.3 Å². The lowest BCUT2D eigenvalue weighted by Crippen LogP contribution is -2.28. The van der Waals surface area contributed by atoms with Crippen molar-refractivity contribution in [1.82, 2.24) is 5.32 Å². The first-order valence-electron chi connectivity index (χ1n) is 6.56. The molecule has 0 heterocycles. The maximum atomic E-state index is 11.8. The van der Waals surface area contributed by atoms with E-state index in [-0.39, 0.29) is 17.4 Å². The van der Waals surface area contributed by atoms with E-state index >= 15 is 0 Å². The number of carbonyl (C=O) groups excluding carboxylic acids is 1. The first kappa shape index (κ1) is 15.5. The molecule has 1 aromatic carbocycles. The smallest absolute Gasteiger partial charge is 0.228 e. The summed E-state index contributed by atoms with van der Waals surface area (Å²) in [6.07, 6.45) is 0. The Hall–Kier alpha value is -1.55. The molecule has 1 aromatic rings. The van der Waals surface area contributed by atoms with Gasteiger partial charge in [0.25, 0.3) is 0 Å². The third-order valence-corrected chi connectivity index (χ3v) is 2.50. The number of hydrogen-bond donors (Lipinski definition) is 2. The van der Waals surface area contributed by atoms with E-state index in [2.05, 4.69) is 10.6 Å². The molecule has 1 amide bonds. The Morgan fingerprint density at radius 2 is 1.84 bits per heavy atom. The van der Waals surface area contributed by atoms with Crippen LogP contribution < -0.4 is 15.4 Å². The standard InChI is InChI=1S/C15H24N2O2/c1-11(10-16-5)14(18)17-12-6-8-13(9-7-12)19-15(2,3)4/h6-9,11,16H,10H2,1-5H3,(H,17,18). The number of anilines is 1. The summed E-state index contributed by atoms with van der Waals surface area (Å²) in [4.78, 5) is 11.8. The SMILES string of the molecule is CNCC(C)C(=O)Nc1ccc(OC(C)(C)C)cc1. The van der Waals surface area contributed by atoms with Gasteiger partial charge < -0.3 is 15.4 Å². The van der Waals surface area contributed by atoms with Gasteiger partial charge in [-0.2, -0.15) is 0 Å². The van der Waals surface area contributed by atoms with Crippen LogP contribution in [0.1, 0.15) is 27.7 Å². The molecule has 4 heteroatoms. The van der Waals surface area contributed by atoms with Crippen molar-refractivity contribution in [2.75, 3.05) is 18.9 Å². The van der Waals surface area contributed by atoms with Crippen LogP contribution in [0.15, 0.2) is 24.3 Å². The molecule has 0 aliphatic rings. The molecule has 0 aliphatic carbocycles. The van der Waals surface area contributed by atoms with Gasteiger partial charge in [0.2, 0.25) is 5.91 Å². The molecular weight excluding hydrogens is 240 g/mol. The molecule has 0 saturated carbocycles. The number of ether oxygens (including phenoxy) is 1. The molecule has 106 valence electrons. The fraction of sp³-hybridized carbons (Fsp3) is 0.533. The average molecular weight is 264 g/mol. The maximum absolute atomic E-state index is 11.8. The van der Waals surface area contributed by atoms with Crippen LogP contribution in [0, 0.1) is 5.92 Å². The molecule has 1 rings (SSSR count). The van der Waals surface area contributed by atoms with E-state index in [1.165, 1.54) is 0 Å². The van der Waals surface area contributed by atoms with E-state index in [0.717, 1.165) is 11.4 Å². The van der Waals surface area contributed by atoms with Gasteiger partial charge in [-0.25, -0.2) is 0 Å². The minimum atomic E-state index is -0.216. The predicted octanol–water partition coefficient (Wildman–Crippen LogP) is 2.66. The summed E-state index contributed by atoms with van der Waals surface area (Å²) in [6, 6.07) is 7.43. The van der Waals surface area contributed by atoms with Crippen LogP contribution >= 0.6 is 0 Å². The molecule has 1 unspecified atom stereocenters. The lowest BCUT2D eigenvalue weighted by Gasteiger charge is -2.21. The zero-order valence-corrected chi connectivity index (χ0v) is 12.4. The zero-order chi connectivity index (χ0) is 14.5. The Labute approximate surface area is 115 Å². The van der Waals surface area contributed by atoms with Crippen LogP contribution in [-0.4, -0.2) is 25.1 Å². The Bertz CT molecular complexity index is 407. The van der Waals surface area contributed by atoms with Crippen molar-refractivity contribution in [3.8, 4) is 5.75 Å². The van der Waals surface area contributed by atoms with Crippen LogP contribution in [0.2, 0.25) is 0 Å². The summed E-state index contributed by atoms with van der Waals surface area (Å²) in [6.45, 7) is 8.56. The fourth-order valence-corrected chi connectivity index (χ4v) is 1.62. The summed E-state index contributed by atoms with van der Waals surface area (Å²) >= 11 is 0. The van der Waals surface area contributed by atoms with E-state index in [1.54, 1.807) is 0 Å². The summed E-state index contributed by atoms with van der Waals surface area (Å²) in [5.74, 6) is 0.753. The molecule has 19 heavy (non-hydrogen) atoms.